The molecule has 3 aromatic rings. The Hall–Kier alpha value is -2.90. The number of rotatable bonds is 7. The summed E-state index contributed by atoms with van der Waals surface area (Å²) in [5.41, 5.74) is 1.34. The minimum Gasteiger partial charge on any atom is -0.439 e. The molecule has 0 amide bonds. The van der Waals surface area contributed by atoms with Crippen molar-refractivity contribution in [1.29, 1.82) is 0 Å². The van der Waals surface area contributed by atoms with Crippen molar-refractivity contribution in [3.8, 4) is 11.6 Å². The van der Waals surface area contributed by atoms with E-state index in [-0.39, 0.29) is 5.41 Å². The fourth-order valence-corrected chi connectivity index (χ4v) is 6.00. The lowest BCUT2D eigenvalue weighted by molar-refractivity contribution is 0.292. The Balaban J connectivity index is 1.33. The van der Waals surface area contributed by atoms with Crippen LogP contribution >= 0.6 is 23.8 Å². The number of para-hydroxylation sites is 1. The van der Waals surface area contributed by atoms with Gasteiger partial charge >= 0.3 is 0 Å². The maximum atomic E-state index is 6.18. The number of nitrogens with one attached hydrogen (secondary N) is 2. The SMILES string of the molecule is C[C@@H]1CCCCN1c1cc(Oc2ccccc2)nc(NC(=S)NCC2(c3ccc(Cl)cc3)CCCCC2)n1. The molecule has 38 heavy (non-hydrogen) atoms. The number of benzene rings is 2. The maximum absolute atomic E-state index is 6.18. The Kier molecular flexibility index (Phi) is 8.65. The number of ether oxygens (including phenoxy) is 1. The molecule has 2 N–H and O–H groups in total. The molecular weight excluding hydrogens is 514 g/mol. The van der Waals surface area contributed by atoms with Crippen LogP contribution in [0.1, 0.15) is 63.9 Å². The standard InChI is InChI=1S/C30H36ClN5OS/c1-22-10-6-9-19-36(22)26-20-27(37-25-11-4-2-5-12-25)34-28(33-26)35-29(38)32-21-30(17-7-3-8-18-30)23-13-15-24(31)16-14-23/h2,4-5,11-16,20,22H,3,6-10,17-19,21H2,1H3,(H2,32,33,34,35,38)/t22-/m1/s1. The number of aromatic nitrogens is 2. The van der Waals surface area contributed by atoms with Crippen LogP contribution in [-0.4, -0.2) is 34.2 Å². The molecule has 1 saturated carbocycles. The van der Waals surface area contributed by atoms with Gasteiger partial charge in [0.1, 0.15) is 11.6 Å². The fraction of sp³-hybridized carbons (Fsp3) is 0.433. The molecule has 1 saturated heterocycles. The van der Waals surface area contributed by atoms with Gasteiger partial charge in [0.15, 0.2) is 5.11 Å². The van der Waals surface area contributed by atoms with Crippen LogP contribution in [0.4, 0.5) is 11.8 Å². The third-order valence-electron chi connectivity index (χ3n) is 7.83. The molecule has 0 bridgehead atoms. The van der Waals surface area contributed by atoms with Gasteiger partial charge in [0.25, 0.3) is 0 Å². The molecule has 2 heterocycles. The van der Waals surface area contributed by atoms with Crippen LogP contribution in [0.25, 0.3) is 0 Å². The Labute approximate surface area is 236 Å². The minimum atomic E-state index is 0.0299. The van der Waals surface area contributed by atoms with Gasteiger partial charge in [0.2, 0.25) is 11.8 Å². The zero-order valence-electron chi connectivity index (χ0n) is 22.0. The number of piperidine rings is 1. The summed E-state index contributed by atoms with van der Waals surface area (Å²) < 4.78 is 6.11. The summed E-state index contributed by atoms with van der Waals surface area (Å²) in [6.45, 7) is 3.96. The van der Waals surface area contributed by atoms with E-state index in [9.17, 15) is 0 Å². The molecule has 6 nitrogen and oxygen atoms in total. The monoisotopic (exact) mass is 549 g/mol. The highest BCUT2D eigenvalue weighted by Crippen LogP contribution is 2.39. The highest BCUT2D eigenvalue weighted by molar-refractivity contribution is 7.80. The summed E-state index contributed by atoms with van der Waals surface area (Å²) in [6, 6.07) is 20.3. The van der Waals surface area contributed by atoms with Gasteiger partial charge in [-0.2, -0.15) is 9.97 Å². The Bertz CT molecular complexity index is 1220. The van der Waals surface area contributed by atoms with Crippen molar-refractivity contribution in [2.45, 2.75) is 69.7 Å². The highest BCUT2D eigenvalue weighted by atomic mass is 35.5. The summed E-state index contributed by atoms with van der Waals surface area (Å²) in [5.74, 6) is 2.52. The van der Waals surface area contributed by atoms with Crippen molar-refractivity contribution < 1.29 is 4.74 Å². The number of hydrogen-bond acceptors (Lipinski definition) is 5. The minimum absolute atomic E-state index is 0.0299. The van der Waals surface area contributed by atoms with Crippen molar-refractivity contribution >= 4 is 40.7 Å². The summed E-state index contributed by atoms with van der Waals surface area (Å²) >= 11 is 11.9. The van der Waals surface area contributed by atoms with Crippen molar-refractivity contribution in [3.63, 3.8) is 0 Å². The van der Waals surface area contributed by atoms with Crippen LogP contribution in [0.2, 0.25) is 5.02 Å². The van der Waals surface area contributed by atoms with Crippen LogP contribution in [0.15, 0.2) is 60.7 Å². The Morgan fingerprint density at radius 2 is 1.79 bits per heavy atom. The third-order valence-corrected chi connectivity index (χ3v) is 8.33. The van der Waals surface area contributed by atoms with Crippen molar-refractivity contribution in [2.24, 2.45) is 0 Å². The highest BCUT2D eigenvalue weighted by Gasteiger charge is 2.34. The lowest BCUT2D eigenvalue weighted by atomic mass is 9.69. The average Bonchev–Trinajstić information content (AvgIpc) is 2.93. The normalized spacial score (nSPS) is 19.0. The summed E-state index contributed by atoms with van der Waals surface area (Å²) in [7, 11) is 0. The topological polar surface area (TPSA) is 62.3 Å². The van der Waals surface area contributed by atoms with Crippen LogP contribution in [0.5, 0.6) is 11.6 Å². The first kappa shape index (κ1) is 26.7. The lowest BCUT2D eigenvalue weighted by Gasteiger charge is -2.38. The van der Waals surface area contributed by atoms with Gasteiger partial charge in [-0.05, 0) is 81.1 Å². The first-order valence-electron chi connectivity index (χ1n) is 13.7. The quantitative estimate of drug-likeness (QED) is 0.296. The fourth-order valence-electron chi connectivity index (χ4n) is 5.71. The number of hydrogen-bond donors (Lipinski definition) is 2. The first-order chi connectivity index (χ1) is 18.5. The second-order valence-corrected chi connectivity index (χ2v) is 11.3. The zero-order valence-corrected chi connectivity index (χ0v) is 23.5. The van der Waals surface area contributed by atoms with Gasteiger partial charge in [0.05, 0.1) is 0 Å². The summed E-state index contributed by atoms with van der Waals surface area (Å²) in [6.07, 6.45) is 9.49. The van der Waals surface area contributed by atoms with Gasteiger partial charge in [-0.3, -0.25) is 0 Å². The molecule has 8 heteroatoms. The molecule has 1 atom stereocenters. The van der Waals surface area contributed by atoms with Crippen molar-refractivity contribution in [2.75, 3.05) is 23.3 Å². The lowest BCUT2D eigenvalue weighted by Crippen LogP contribution is -2.43. The second kappa shape index (κ2) is 12.3. The molecule has 200 valence electrons. The van der Waals surface area contributed by atoms with Crippen LogP contribution in [0.3, 0.4) is 0 Å². The molecule has 1 aromatic heterocycles. The molecule has 5 rings (SSSR count). The van der Waals surface area contributed by atoms with Crippen LogP contribution in [0, 0.1) is 0 Å². The molecule has 2 aliphatic rings. The smallest absolute Gasteiger partial charge is 0.234 e. The van der Waals surface area contributed by atoms with Gasteiger partial charge in [-0.25, -0.2) is 0 Å². The third kappa shape index (κ3) is 6.56. The van der Waals surface area contributed by atoms with E-state index in [4.69, 9.17) is 33.5 Å². The average molecular weight is 550 g/mol. The van der Waals surface area contributed by atoms with E-state index < -0.39 is 0 Å². The van der Waals surface area contributed by atoms with Gasteiger partial charge < -0.3 is 20.3 Å². The number of thiocarbonyl (C=S) groups is 1. The van der Waals surface area contributed by atoms with Gasteiger partial charge in [-0.1, -0.05) is 61.2 Å². The Morgan fingerprint density at radius 3 is 2.53 bits per heavy atom. The van der Waals surface area contributed by atoms with Gasteiger partial charge in [0, 0.05) is 35.6 Å². The predicted octanol–water partition coefficient (Wildman–Crippen LogP) is 7.49. The van der Waals surface area contributed by atoms with Gasteiger partial charge in [-0.15, -0.1) is 0 Å². The first-order valence-corrected chi connectivity index (χ1v) is 14.5. The van der Waals surface area contributed by atoms with E-state index in [2.05, 4.69) is 39.6 Å². The van der Waals surface area contributed by atoms with E-state index in [0.29, 0.717) is 23.0 Å². The van der Waals surface area contributed by atoms with Crippen molar-refractivity contribution in [3.05, 3.63) is 71.2 Å². The Morgan fingerprint density at radius 1 is 1.03 bits per heavy atom. The molecule has 0 radical (unpaired) electrons. The predicted molar refractivity (Wildman–Crippen MR) is 160 cm³/mol. The second-order valence-electron chi connectivity index (χ2n) is 10.5. The largest absolute Gasteiger partial charge is 0.439 e. The van der Waals surface area contributed by atoms with E-state index >= 15 is 0 Å². The van der Waals surface area contributed by atoms with E-state index in [1.54, 1.807) is 0 Å². The summed E-state index contributed by atoms with van der Waals surface area (Å²) in [4.78, 5) is 11.8. The van der Waals surface area contributed by atoms with Crippen LogP contribution in [-0.2, 0) is 5.41 Å². The molecule has 2 aromatic carbocycles. The van der Waals surface area contributed by atoms with Crippen LogP contribution < -0.4 is 20.3 Å². The number of nitrogens with zero attached hydrogens (tertiary/aromatic N) is 3. The van der Waals surface area contributed by atoms with Crippen molar-refractivity contribution in [1.82, 2.24) is 15.3 Å². The zero-order chi connectivity index (χ0) is 26.4. The summed E-state index contributed by atoms with van der Waals surface area (Å²) in [5, 5.41) is 8.01. The maximum Gasteiger partial charge on any atom is 0.234 e. The molecule has 1 aliphatic heterocycles. The molecule has 0 spiro atoms. The molecule has 2 fully saturated rings. The number of anilines is 2. The van der Waals surface area contributed by atoms with E-state index in [1.807, 2.05) is 48.5 Å². The molecule has 0 unspecified atom stereocenters. The molecular formula is C30H36ClN5OS. The van der Waals surface area contributed by atoms with E-state index in [1.165, 1.54) is 31.2 Å². The number of halogens is 1. The van der Waals surface area contributed by atoms with E-state index in [0.717, 1.165) is 55.4 Å². The molecule has 1 aliphatic carbocycles.